The van der Waals surface area contributed by atoms with E-state index in [0.717, 1.165) is 36.3 Å². The van der Waals surface area contributed by atoms with Crippen molar-refractivity contribution in [3.05, 3.63) is 65.7 Å². The van der Waals surface area contributed by atoms with Crippen molar-refractivity contribution in [2.24, 2.45) is 10.2 Å². The molecule has 2 amide bonds. The Hall–Kier alpha value is -3.54. The quantitative estimate of drug-likeness (QED) is 0.346. The van der Waals surface area contributed by atoms with E-state index in [9.17, 15) is 9.59 Å². The number of hydrogen-bond acceptors (Lipinski definition) is 5. The smallest absolute Gasteiger partial charge is 0.261 e. The maximum Gasteiger partial charge on any atom is 0.261 e. The molecule has 0 N–H and O–H groups in total. The van der Waals surface area contributed by atoms with Crippen LogP contribution < -0.4 is 4.90 Å². The number of carbonyl (C=O) groups excluding carboxylic acids is 2. The van der Waals surface area contributed by atoms with Gasteiger partial charge in [0.05, 0.1) is 11.4 Å². The van der Waals surface area contributed by atoms with Gasteiger partial charge in [-0.1, -0.05) is 19.1 Å². The third kappa shape index (κ3) is 3.69. The lowest BCUT2D eigenvalue weighted by Gasteiger charge is -2.27. The molecule has 1 aliphatic rings. The van der Waals surface area contributed by atoms with E-state index in [4.69, 9.17) is 0 Å². The molecule has 6 nitrogen and oxygen atoms in total. The van der Waals surface area contributed by atoms with Crippen molar-refractivity contribution in [1.82, 2.24) is 4.90 Å². The fraction of sp³-hybridized carbons (Fsp3) is 0.280. The lowest BCUT2D eigenvalue weighted by atomic mass is 9.93. The van der Waals surface area contributed by atoms with Gasteiger partial charge in [-0.3, -0.25) is 14.5 Å². The van der Waals surface area contributed by atoms with Crippen LogP contribution in [0.25, 0.3) is 10.8 Å². The first-order valence-electron chi connectivity index (χ1n) is 10.8. The van der Waals surface area contributed by atoms with Gasteiger partial charge in [0.1, 0.15) is 0 Å². The summed E-state index contributed by atoms with van der Waals surface area (Å²) in [6, 6.07) is 17.0. The van der Waals surface area contributed by atoms with Gasteiger partial charge in [0, 0.05) is 47.2 Å². The fourth-order valence-corrected chi connectivity index (χ4v) is 4.08. The van der Waals surface area contributed by atoms with Crippen LogP contribution in [0.15, 0.2) is 64.8 Å². The van der Waals surface area contributed by atoms with Crippen LogP contribution in [0.2, 0.25) is 0 Å². The van der Waals surface area contributed by atoms with Crippen molar-refractivity contribution in [2.75, 3.05) is 24.5 Å². The van der Waals surface area contributed by atoms with Crippen LogP contribution in [0.4, 0.5) is 17.1 Å². The van der Waals surface area contributed by atoms with Crippen LogP contribution >= 0.6 is 0 Å². The lowest BCUT2D eigenvalue weighted by molar-refractivity contribution is 0.0610. The Morgan fingerprint density at radius 2 is 1.48 bits per heavy atom. The predicted octanol–water partition coefficient (Wildman–Crippen LogP) is 6.11. The molecule has 0 radical (unpaired) electrons. The van der Waals surface area contributed by atoms with Gasteiger partial charge in [-0.05, 0) is 62.7 Å². The van der Waals surface area contributed by atoms with Crippen LogP contribution in [-0.2, 0) is 0 Å². The third-order valence-electron chi connectivity index (χ3n) is 5.67. The molecule has 0 bridgehead atoms. The van der Waals surface area contributed by atoms with Gasteiger partial charge in [-0.15, -0.1) is 5.11 Å². The molecule has 0 aromatic heterocycles. The van der Waals surface area contributed by atoms with E-state index in [1.54, 1.807) is 18.2 Å². The first-order chi connectivity index (χ1) is 15.1. The summed E-state index contributed by atoms with van der Waals surface area (Å²) in [5, 5.41) is 10.3. The van der Waals surface area contributed by atoms with E-state index in [2.05, 4.69) is 29.0 Å². The fourth-order valence-electron chi connectivity index (χ4n) is 4.08. The van der Waals surface area contributed by atoms with E-state index >= 15 is 0 Å². The summed E-state index contributed by atoms with van der Waals surface area (Å²) in [5.74, 6) is -0.489. The monoisotopic (exact) mass is 414 g/mol. The number of benzene rings is 3. The third-order valence-corrected chi connectivity index (χ3v) is 5.67. The standard InChI is InChI=1S/C25H26N4O2/c1-4-16-29-24(30)20-9-7-8-19-22(15-14-21(23(19)20)25(29)31)27-26-17-10-12-18(13-11-17)28(5-2)6-3/h7-15H,4-6,16H2,1-3H3. The molecule has 4 rings (SSSR count). The number of azo groups is 1. The van der Waals surface area contributed by atoms with E-state index in [1.807, 2.05) is 43.3 Å². The molecule has 0 saturated heterocycles. The van der Waals surface area contributed by atoms with Crippen molar-refractivity contribution in [3.8, 4) is 0 Å². The molecule has 0 spiro atoms. The second kappa shape index (κ2) is 8.68. The van der Waals surface area contributed by atoms with Gasteiger partial charge in [0.2, 0.25) is 0 Å². The average molecular weight is 415 g/mol. The van der Waals surface area contributed by atoms with Crippen molar-refractivity contribution < 1.29 is 9.59 Å². The summed E-state index contributed by atoms with van der Waals surface area (Å²) in [4.78, 5) is 29.4. The second-order valence-corrected chi connectivity index (χ2v) is 7.51. The highest BCUT2D eigenvalue weighted by atomic mass is 16.2. The van der Waals surface area contributed by atoms with Crippen molar-refractivity contribution in [3.63, 3.8) is 0 Å². The van der Waals surface area contributed by atoms with Crippen LogP contribution in [0.3, 0.4) is 0 Å². The number of imide groups is 1. The summed E-state index contributed by atoms with van der Waals surface area (Å²) in [5.41, 5.74) is 3.62. The Labute approximate surface area is 182 Å². The van der Waals surface area contributed by atoms with Gasteiger partial charge in [0.15, 0.2) is 0 Å². The Balaban J connectivity index is 1.70. The molecule has 31 heavy (non-hydrogen) atoms. The lowest BCUT2D eigenvalue weighted by Crippen LogP contribution is -2.40. The summed E-state index contributed by atoms with van der Waals surface area (Å²) in [6.07, 6.45) is 0.724. The molecule has 6 heteroatoms. The minimum atomic E-state index is -0.244. The summed E-state index contributed by atoms with van der Waals surface area (Å²) < 4.78 is 0. The first kappa shape index (κ1) is 20.7. The molecule has 0 unspecified atom stereocenters. The van der Waals surface area contributed by atoms with E-state index in [-0.39, 0.29) is 11.8 Å². The van der Waals surface area contributed by atoms with E-state index < -0.39 is 0 Å². The minimum absolute atomic E-state index is 0.244. The van der Waals surface area contributed by atoms with Crippen molar-refractivity contribution in [1.29, 1.82) is 0 Å². The number of amides is 2. The zero-order valence-corrected chi connectivity index (χ0v) is 18.1. The van der Waals surface area contributed by atoms with Gasteiger partial charge < -0.3 is 4.90 Å². The maximum absolute atomic E-state index is 12.9. The molecular formula is C25H26N4O2. The molecule has 0 atom stereocenters. The average Bonchev–Trinajstić information content (AvgIpc) is 2.80. The molecule has 0 fully saturated rings. The highest BCUT2D eigenvalue weighted by Gasteiger charge is 2.32. The van der Waals surface area contributed by atoms with E-state index in [1.165, 1.54) is 4.90 Å². The van der Waals surface area contributed by atoms with Crippen LogP contribution in [0, 0.1) is 0 Å². The second-order valence-electron chi connectivity index (χ2n) is 7.51. The Bertz CT molecular complexity index is 1140. The number of carbonyl (C=O) groups is 2. The Kier molecular flexibility index (Phi) is 5.80. The number of anilines is 1. The maximum atomic E-state index is 12.9. The van der Waals surface area contributed by atoms with Gasteiger partial charge >= 0.3 is 0 Å². The number of nitrogens with zero attached hydrogens (tertiary/aromatic N) is 4. The van der Waals surface area contributed by atoms with Crippen molar-refractivity contribution in [2.45, 2.75) is 27.2 Å². The Morgan fingerprint density at radius 3 is 2.13 bits per heavy atom. The van der Waals surface area contributed by atoms with Gasteiger partial charge in [-0.25, -0.2) is 0 Å². The SMILES string of the molecule is CCCN1C(=O)c2cccc3c(N=Nc4ccc(N(CC)CC)cc4)ccc(c23)C1=O. The van der Waals surface area contributed by atoms with Crippen LogP contribution in [-0.4, -0.2) is 36.3 Å². The van der Waals surface area contributed by atoms with Gasteiger partial charge in [-0.2, -0.15) is 5.11 Å². The normalized spacial score (nSPS) is 13.5. The first-order valence-corrected chi connectivity index (χ1v) is 10.8. The molecule has 3 aromatic carbocycles. The van der Waals surface area contributed by atoms with Crippen molar-refractivity contribution >= 4 is 39.6 Å². The summed E-state index contributed by atoms with van der Waals surface area (Å²) >= 11 is 0. The molecule has 1 aliphatic heterocycles. The largest absolute Gasteiger partial charge is 0.372 e. The zero-order chi connectivity index (χ0) is 22.0. The predicted molar refractivity (Wildman–Crippen MR) is 124 cm³/mol. The zero-order valence-electron chi connectivity index (χ0n) is 18.1. The Morgan fingerprint density at radius 1 is 0.806 bits per heavy atom. The molecular weight excluding hydrogens is 388 g/mol. The highest BCUT2D eigenvalue weighted by Crippen LogP contribution is 2.36. The number of rotatable bonds is 7. The molecule has 0 saturated carbocycles. The molecule has 1 heterocycles. The van der Waals surface area contributed by atoms with Crippen LogP contribution in [0.1, 0.15) is 47.9 Å². The topological polar surface area (TPSA) is 65.3 Å². The van der Waals surface area contributed by atoms with Crippen LogP contribution in [0.5, 0.6) is 0 Å². The van der Waals surface area contributed by atoms with E-state index in [0.29, 0.717) is 28.7 Å². The van der Waals surface area contributed by atoms with Gasteiger partial charge in [0.25, 0.3) is 11.8 Å². The molecule has 158 valence electrons. The molecule has 0 aliphatic carbocycles. The highest BCUT2D eigenvalue weighted by molar-refractivity contribution is 6.26. The summed E-state index contributed by atoms with van der Waals surface area (Å²) in [6.45, 7) is 8.53. The minimum Gasteiger partial charge on any atom is -0.372 e. The summed E-state index contributed by atoms with van der Waals surface area (Å²) in [7, 11) is 0. The number of hydrogen-bond donors (Lipinski definition) is 0. The molecule has 3 aromatic rings.